The first-order valence-corrected chi connectivity index (χ1v) is 3.33. The zero-order chi connectivity index (χ0) is 8.58. The number of alkyl halides is 4. The number of halogens is 4. The summed E-state index contributed by atoms with van der Waals surface area (Å²) in [5, 5.41) is 0. The summed E-state index contributed by atoms with van der Waals surface area (Å²) < 4.78 is 70.9. The molecule has 0 amide bonds. The van der Waals surface area contributed by atoms with Gasteiger partial charge in [0.1, 0.15) is 0 Å². The summed E-state index contributed by atoms with van der Waals surface area (Å²) in [6, 6.07) is 0. The number of hydrogen-bond donors (Lipinski definition) is 1. The molecule has 64 valence electrons. The van der Waals surface area contributed by atoms with Gasteiger partial charge in [-0.3, -0.25) is 4.55 Å². The van der Waals surface area contributed by atoms with E-state index in [9.17, 15) is 26.0 Å². The van der Waals surface area contributed by atoms with Crippen LogP contribution in [0.4, 0.5) is 17.6 Å². The molecule has 0 saturated heterocycles. The van der Waals surface area contributed by atoms with Crippen LogP contribution in [0.1, 0.15) is 0 Å². The molecular formula is C2H3F4LiO3S. The molecule has 1 atom stereocenters. The summed E-state index contributed by atoms with van der Waals surface area (Å²) in [5.74, 6) is 0. The summed E-state index contributed by atoms with van der Waals surface area (Å²) in [7, 11) is -5.65. The molecule has 0 aliphatic rings. The van der Waals surface area contributed by atoms with Crippen LogP contribution in [0.25, 0.3) is 0 Å². The first kappa shape index (κ1) is 13.8. The van der Waals surface area contributed by atoms with E-state index in [0.29, 0.717) is 0 Å². The molecule has 0 bridgehead atoms. The van der Waals surface area contributed by atoms with Gasteiger partial charge in [0.05, 0.1) is 0 Å². The Balaban J connectivity index is 0. The van der Waals surface area contributed by atoms with Gasteiger partial charge in [-0.2, -0.15) is 21.6 Å². The van der Waals surface area contributed by atoms with Crippen molar-refractivity contribution < 1.29 is 30.5 Å². The molecule has 1 N–H and O–H groups in total. The molecule has 0 fully saturated rings. The van der Waals surface area contributed by atoms with E-state index in [1.165, 1.54) is 0 Å². The summed E-state index contributed by atoms with van der Waals surface area (Å²) in [5.41, 5.74) is -4.21. The molecular weight excluding hydrogens is 187 g/mol. The Morgan fingerprint density at radius 3 is 1.55 bits per heavy atom. The quantitative estimate of drug-likeness (QED) is 0.362. The van der Waals surface area contributed by atoms with E-state index in [0.717, 1.165) is 0 Å². The van der Waals surface area contributed by atoms with Gasteiger partial charge in [0.15, 0.2) is 0 Å². The van der Waals surface area contributed by atoms with Crippen LogP contribution in [0.5, 0.6) is 0 Å². The molecule has 0 aromatic heterocycles. The normalized spacial score (nSPS) is 15.4. The van der Waals surface area contributed by atoms with Crippen LogP contribution in [0.3, 0.4) is 0 Å². The minimum atomic E-state index is -5.65. The summed E-state index contributed by atoms with van der Waals surface area (Å²) in [4.78, 5) is 0. The third-order valence-corrected chi connectivity index (χ3v) is 1.31. The molecule has 0 rings (SSSR count). The Kier molecular flexibility index (Phi) is 4.71. The topological polar surface area (TPSA) is 54.4 Å². The van der Waals surface area contributed by atoms with Crippen molar-refractivity contribution in [3.05, 3.63) is 0 Å². The second-order valence-corrected chi connectivity index (χ2v) is 2.82. The van der Waals surface area contributed by atoms with E-state index in [-0.39, 0.29) is 18.9 Å². The summed E-state index contributed by atoms with van der Waals surface area (Å²) in [6.45, 7) is 0. The fourth-order valence-electron chi connectivity index (χ4n) is 0.169. The van der Waals surface area contributed by atoms with Crippen molar-refractivity contribution in [1.29, 1.82) is 0 Å². The van der Waals surface area contributed by atoms with Crippen molar-refractivity contribution in [2.24, 2.45) is 0 Å². The second kappa shape index (κ2) is 3.76. The average Bonchev–Trinajstić information content (AvgIpc) is 1.59. The van der Waals surface area contributed by atoms with Crippen LogP contribution < -0.4 is 0 Å². The van der Waals surface area contributed by atoms with Crippen LogP contribution in [0, 0.1) is 0 Å². The molecule has 0 aliphatic carbocycles. The van der Waals surface area contributed by atoms with Gasteiger partial charge in [-0.05, 0) is 0 Å². The van der Waals surface area contributed by atoms with Crippen molar-refractivity contribution in [3.63, 3.8) is 0 Å². The first-order valence-electron chi connectivity index (χ1n) is 1.83. The standard InChI is InChI=1S/C2H2F4O3S.Li.H/c3-1(2(4,5)6)10(7,8)9;;/h1H,(H,7,8,9);;. The molecule has 0 saturated carbocycles. The molecule has 0 aromatic rings. The summed E-state index contributed by atoms with van der Waals surface area (Å²) >= 11 is 0. The maximum atomic E-state index is 11.5. The molecule has 0 aromatic carbocycles. The molecule has 0 radical (unpaired) electrons. The van der Waals surface area contributed by atoms with Crippen LogP contribution in [0.2, 0.25) is 0 Å². The molecule has 1 unspecified atom stereocenters. The molecule has 0 aliphatic heterocycles. The Bertz CT molecular complexity index is 208. The Labute approximate surface area is 71.7 Å². The third kappa shape index (κ3) is 4.63. The average molecular weight is 190 g/mol. The van der Waals surface area contributed by atoms with Gasteiger partial charge < -0.3 is 0 Å². The van der Waals surface area contributed by atoms with Crippen LogP contribution >= 0.6 is 0 Å². The monoisotopic (exact) mass is 190 g/mol. The SMILES string of the molecule is O=S(=O)(O)C(F)C(F)(F)F.[LiH]. The second-order valence-electron chi connectivity index (χ2n) is 1.37. The molecule has 0 heterocycles. The van der Waals surface area contributed by atoms with Crippen LogP contribution in [-0.4, -0.2) is 43.5 Å². The van der Waals surface area contributed by atoms with Gasteiger partial charge in [0.25, 0.3) is 0 Å². The van der Waals surface area contributed by atoms with E-state index in [2.05, 4.69) is 0 Å². The van der Waals surface area contributed by atoms with Gasteiger partial charge in [-0.1, -0.05) is 0 Å². The molecule has 0 spiro atoms. The van der Waals surface area contributed by atoms with Gasteiger partial charge in [-0.15, -0.1) is 0 Å². The van der Waals surface area contributed by atoms with Crippen molar-refractivity contribution in [3.8, 4) is 0 Å². The van der Waals surface area contributed by atoms with Gasteiger partial charge in [-0.25, -0.2) is 4.39 Å². The van der Waals surface area contributed by atoms with E-state index in [1.807, 2.05) is 0 Å². The zero-order valence-electron chi connectivity index (χ0n) is 4.26. The Morgan fingerprint density at radius 1 is 1.27 bits per heavy atom. The molecule has 9 heteroatoms. The van der Waals surface area contributed by atoms with E-state index in [4.69, 9.17) is 4.55 Å². The fourth-order valence-corrected chi connectivity index (χ4v) is 0.507. The Hall–Kier alpha value is 0.227. The molecule has 3 nitrogen and oxygen atoms in total. The fraction of sp³-hybridized carbons (Fsp3) is 1.00. The first-order chi connectivity index (χ1) is 4.15. The van der Waals surface area contributed by atoms with E-state index >= 15 is 0 Å². The number of hydrogen-bond acceptors (Lipinski definition) is 2. The summed E-state index contributed by atoms with van der Waals surface area (Å²) in [6.07, 6.45) is -5.56. The van der Waals surface area contributed by atoms with Crippen molar-refractivity contribution in [2.75, 3.05) is 0 Å². The predicted octanol–water partition coefficient (Wildman–Crippen LogP) is 0.0836. The minimum absolute atomic E-state index is 0. The predicted molar refractivity (Wildman–Crippen MR) is 29.6 cm³/mol. The van der Waals surface area contributed by atoms with Gasteiger partial charge in [0, 0.05) is 0 Å². The maximum absolute atomic E-state index is 11.5. The van der Waals surface area contributed by atoms with Gasteiger partial charge >= 0.3 is 40.7 Å². The van der Waals surface area contributed by atoms with Crippen LogP contribution in [0.15, 0.2) is 0 Å². The van der Waals surface area contributed by atoms with E-state index in [1.54, 1.807) is 0 Å². The number of rotatable bonds is 1. The Morgan fingerprint density at radius 2 is 1.55 bits per heavy atom. The zero-order valence-corrected chi connectivity index (χ0v) is 5.08. The third-order valence-electron chi connectivity index (χ3n) is 0.519. The van der Waals surface area contributed by atoms with Crippen molar-refractivity contribution in [2.45, 2.75) is 11.7 Å². The van der Waals surface area contributed by atoms with Crippen LogP contribution in [-0.2, 0) is 10.1 Å². The van der Waals surface area contributed by atoms with Crippen molar-refractivity contribution in [1.82, 2.24) is 0 Å². The van der Waals surface area contributed by atoms with Crippen molar-refractivity contribution >= 4 is 29.0 Å². The van der Waals surface area contributed by atoms with Gasteiger partial charge in [0.2, 0.25) is 0 Å². The molecule has 11 heavy (non-hydrogen) atoms. The van der Waals surface area contributed by atoms with E-state index < -0.39 is 21.8 Å².